The number of halogens is 1. The lowest BCUT2D eigenvalue weighted by atomic mass is 10.1. The fraction of sp³-hybridized carbons (Fsp3) is 0.462. The Kier molecular flexibility index (Phi) is 4.44. The average Bonchev–Trinajstić information content (AvgIpc) is 2.60. The van der Waals surface area contributed by atoms with Crippen molar-refractivity contribution in [2.45, 2.75) is 25.3 Å². The lowest BCUT2D eigenvalue weighted by Gasteiger charge is -2.19. The molecule has 1 aliphatic rings. The fourth-order valence-electron chi connectivity index (χ4n) is 2.23. The van der Waals surface area contributed by atoms with Crippen LogP contribution in [0.2, 0.25) is 5.02 Å². The van der Waals surface area contributed by atoms with Crippen molar-refractivity contribution in [3.63, 3.8) is 0 Å². The van der Waals surface area contributed by atoms with Gasteiger partial charge in [0.25, 0.3) is 5.91 Å². The van der Waals surface area contributed by atoms with E-state index in [2.05, 4.69) is 10.6 Å². The molecular weight excluding hydrogens is 250 g/mol. The number of nitrogens with one attached hydrogen (secondary N) is 2. The van der Waals surface area contributed by atoms with E-state index in [-0.39, 0.29) is 0 Å². The third-order valence-electron chi connectivity index (χ3n) is 3.18. The molecule has 5 heteroatoms. The lowest BCUT2D eigenvalue weighted by Crippen LogP contribution is -2.23. The topological polar surface area (TPSA) is 67.2 Å². The number of anilines is 1. The van der Waals surface area contributed by atoms with Gasteiger partial charge in [0.2, 0.25) is 0 Å². The van der Waals surface area contributed by atoms with Gasteiger partial charge in [-0.15, -0.1) is 0 Å². The Balaban J connectivity index is 2.14. The van der Waals surface area contributed by atoms with Crippen LogP contribution < -0.4 is 16.4 Å². The van der Waals surface area contributed by atoms with Gasteiger partial charge in [-0.1, -0.05) is 11.6 Å². The van der Waals surface area contributed by atoms with Gasteiger partial charge in [-0.2, -0.15) is 0 Å². The van der Waals surface area contributed by atoms with Crippen molar-refractivity contribution >= 4 is 23.2 Å². The second-order valence-electron chi connectivity index (χ2n) is 4.58. The highest BCUT2D eigenvalue weighted by molar-refractivity contribution is 6.31. The van der Waals surface area contributed by atoms with E-state index in [0.29, 0.717) is 16.6 Å². The van der Waals surface area contributed by atoms with Crippen molar-refractivity contribution < 1.29 is 4.79 Å². The van der Waals surface area contributed by atoms with Crippen molar-refractivity contribution in [2.24, 2.45) is 5.73 Å². The molecule has 0 radical (unpaired) electrons. The molecule has 1 saturated heterocycles. The standard InChI is InChI=1S/C13H18ClN3O/c14-9-3-4-12(11(8-9)13(15)18)17-10-2-1-6-16-7-5-10/h3-4,8,10,16-17H,1-2,5-7H2,(H2,15,18). The molecule has 1 aromatic rings. The van der Waals surface area contributed by atoms with E-state index < -0.39 is 5.91 Å². The van der Waals surface area contributed by atoms with Crippen LogP contribution >= 0.6 is 11.6 Å². The number of benzene rings is 1. The summed E-state index contributed by atoms with van der Waals surface area (Å²) in [5, 5.41) is 7.28. The van der Waals surface area contributed by atoms with Crippen molar-refractivity contribution in [1.29, 1.82) is 0 Å². The van der Waals surface area contributed by atoms with Crippen LogP contribution in [0, 0.1) is 0 Å². The van der Waals surface area contributed by atoms with E-state index in [4.69, 9.17) is 17.3 Å². The number of nitrogens with two attached hydrogens (primary N) is 1. The number of hydrogen-bond acceptors (Lipinski definition) is 3. The number of amides is 1. The number of carbonyl (C=O) groups excluding carboxylic acids is 1. The molecule has 0 bridgehead atoms. The highest BCUT2D eigenvalue weighted by Gasteiger charge is 2.15. The Labute approximate surface area is 112 Å². The minimum absolute atomic E-state index is 0.374. The van der Waals surface area contributed by atoms with Gasteiger partial charge >= 0.3 is 0 Å². The molecule has 1 atom stereocenters. The molecule has 1 amide bonds. The second-order valence-corrected chi connectivity index (χ2v) is 5.01. The third-order valence-corrected chi connectivity index (χ3v) is 3.42. The van der Waals surface area contributed by atoms with E-state index >= 15 is 0 Å². The van der Waals surface area contributed by atoms with Gasteiger partial charge in [0.1, 0.15) is 0 Å². The Morgan fingerprint density at radius 1 is 1.39 bits per heavy atom. The van der Waals surface area contributed by atoms with Gasteiger partial charge in [-0.3, -0.25) is 4.79 Å². The zero-order chi connectivity index (χ0) is 13.0. The fourth-order valence-corrected chi connectivity index (χ4v) is 2.40. The minimum Gasteiger partial charge on any atom is -0.382 e. The van der Waals surface area contributed by atoms with Crippen molar-refractivity contribution in [3.05, 3.63) is 28.8 Å². The van der Waals surface area contributed by atoms with E-state index in [1.165, 1.54) is 0 Å². The summed E-state index contributed by atoms with van der Waals surface area (Å²) in [5.74, 6) is -0.452. The van der Waals surface area contributed by atoms with Crippen LogP contribution in [0.15, 0.2) is 18.2 Å². The van der Waals surface area contributed by atoms with Crippen molar-refractivity contribution in [2.75, 3.05) is 18.4 Å². The zero-order valence-corrected chi connectivity index (χ0v) is 11.0. The monoisotopic (exact) mass is 267 g/mol. The molecule has 1 heterocycles. The van der Waals surface area contributed by atoms with Crippen molar-refractivity contribution in [3.8, 4) is 0 Å². The minimum atomic E-state index is -0.452. The normalized spacial score (nSPS) is 20.2. The molecule has 0 aliphatic carbocycles. The summed E-state index contributed by atoms with van der Waals surface area (Å²) in [5.41, 5.74) is 6.60. The number of primary amides is 1. The zero-order valence-electron chi connectivity index (χ0n) is 10.2. The molecule has 0 saturated carbocycles. The summed E-state index contributed by atoms with van der Waals surface area (Å²) >= 11 is 5.88. The summed E-state index contributed by atoms with van der Waals surface area (Å²) < 4.78 is 0. The summed E-state index contributed by atoms with van der Waals surface area (Å²) in [7, 11) is 0. The first-order valence-electron chi connectivity index (χ1n) is 6.23. The third kappa shape index (κ3) is 3.37. The molecular formula is C13H18ClN3O. The first kappa shape index (κ1) is 13.2. The van der Waals surface area contributed by atoms with Crippen molar-refractivity contribution in [1.82, 2.24) is 5.32 Å². The second kappa shape index (κ2) is 6.07. The maximum atomic E-state index is 11.4. The summed E-state index contributed by atoms with van der Waals surface area (Å²) in [6.45, 7) is 2.05. The highest BCUT2D eigenvalue weighted by atomic mass is 35.5. The molecule has 4 N–H and O–H groups in total. The van der Waals surface area contributed by atoms with Gasteiger partial charge in [-0.05, 0) is 50.6 Å². The van der Waals surface area contributed by atoms with Crippen LogP contribution in [-0.4, -0.2) is 25.0 Å². The first-order chi connectivity index (χ1) is 8.66. The van der Waals surface area contributed by atoms with Crippen LogP contribution in [0.25, 0.3) is 0 Å². The predicted molar refractivity (Wildman–Crippen MR) is 74.1 cm³/mol. The molecule has 1 aromatic carbocycles. The first-order valence-corrected chi connectivity index (χ1v) is 6.61. The SMILES string of the molecule is NC(=O)c1cc(Cl)ccc1NC1CCCNCC1. The molecule has 1 fully saturated rings. The average molecular weight is 268 g/mol. The summed E-state index contributed by atoms with van der Waals surface area (Å²) in [6, 6.07) is 5.58. The quantitative estimate of drug-likeness (QED) is 0.785. The Morgan fingerprint density at radius 2 is 2.22 bits per heavy atom. The van der Waals surface area contributed by atoms with Crippen LogP contribution in [0.4, 0.5) is 5.69 Å². The predicted octanol–water partition coefficient (Wildman–Crippen LogP) is 1.99. The van der Waals surface area contributed by atoms with Gasteiger partial charge in [-0.25, -0.2) is 0 Å². The Bertz CT molecular complexity index is 428. The maximum Gasteiger partial charge on any atom is 0.250 e. The van der Waals surface area contributed by atoms with E-state index in [0.717, 1.165) is 38.0 Å². The molecule has 0 aromatic heterocycles. The molecule has 98 valence electrons. The number of rotatable bonds is 3. The van der Waals surface area contributed by atoms with E-state index in [9.17, 15) is 4.79 Å². The van der Waals surface area contributed by atoms with E-state index in [1.807, 2.05) is 6.07 Å². The molecule has 1 aliphatic heterocycles. The smallest absolute Gasteiger partial charge is 0.250 e. The molecule has 0 spiro atoms. The van der Waals surface area contributed by atoms with Crippen LogP contribution in [0.1, 0.15) is 29.6 Å². The molecule has 18 heavy (non-hydrogen) atoms. The molecule has 4 nitrogen and oxygen atoms in total. The Morgan fingerprint density at radius 3 is 3.00 bits per heavy atom. The van der Waals surface area contributed by atoms with Gasteiger partial charge in [0.15, 0.2) is 0 Å². The maximum absolute atomic E-state index is 11.4. The van der Waals surface area contributed by atoms with E-state index in [1.54, 1.807) is 12.1 Å². The Hall–Kier alpha value is -1.26. The van der Waals surface area contributed by atoms with Gasteiger partial charge in [0.05, 0.1) is 5.56 Å². The lowest BCUT2D eigenvalue weighted by molar-refractivity contribution is 0.100. The summed E-state index contributed by atoms with van der Waals surface area (Å²) in [4.78, 5) is 11.4. The highest BCUT2D eigenvalue weighted by Crippen LogP contribution is 2.22. The van der Waals surface area contributed by atoms with Crippen LogP contribution in [0.5, 0.6) is 0 Å². The van der Waals surface area contributed by atoms with Crippen LogP contribution in [-0.2, 0) is 0 Å². The molecule has 1 unspecified atom stereocenters. The van der Waals surface area contributed by atoms with Crippen LogP contribution in [0.3, 0.4) is 0 Å². The number of hydrogen-bond donors (Lipinski definition) is 3. The summed E-state index contributed by atoms with van der Waals surface area (Å²) in [6.07, 6.45) is 3.27. The molecule has 2 rings (SSSR count). The van der Waals surface area contributed by atoms with Gasteiger partial charge < -0.3 is 16.4 Å². The largest absolute Gasteiger partial charge is 0.382 e. The number of carbonyl (C=O) groups is 1. The van der Waals surface area contributed by atoms with Gasteiger partial charge in [0, 0.05) is 16.8 Å².